The molecule has 0 radical (unpaired) electrons. The van der Waals surface area contributed by atoms with E-state index in [0.717, 1.165) is 18.5 Å². The first kappa shape index (κ1) is 10.7. The quantitative estimate of drug-likeness (QED) is 0.682. The Morgan fingerprint density at radius 1 is 1.36 bits per heavy atom. The topological polar surface area (TPSA) is 56.0 Å². The summed E-state index contributed by atoms with van der Waals surface area (Å²) in [6.07, 6.45) is 0.745. The van der Waals surface area contributed by atoms with Gasteiger partial charge < -0.3 is 10.4 Å². The maximum Gasteiger partial charge on any atom is 0.0995 e. The smallest absolute Gasteiger partial charge is 0.0995 e. The molecule has 0 aliphatic heterocycles. The lowest BCUT2D eigenvalue weighted by atomic mass is 10.1. The zero-order valence-corrected chi connectivity index (χ0v) is 8.03. The Morgan fingerprint density at radius 3 is 2.86 bits per heavy atom. The van der Waals surface area contributed by atoms with Gasteiger partial charge in [-0.05, 0) is 24.6 Å². The Labute approximate surface area is 84.0 Å². The molecule has 0 fully saturated rings. The van der Waals surface area contributed by atoms with Crippen LogP contribution in [0, 0.1) is 11.3 Å². The van der Waals surface area contributed by atoms with Crippen LogP contribution in [0.25, 0.3) is 0 Å². The summed E-state index contributed by atoms with van der Waals surface area (Å²) in [7, 11) is 0. The fourth-order valence-electron chi connectivity index (χ4n) is 1.21. The summed E-state index contributed by atoms with van der Waals surface area (Å²) in [6.45, 7) is 1.66. The fraction of sp³-hybridized carbons (Fsp3) is 0.364. The highest BCUT2D eigenvalue weighted by molar-refractivity contribution is 5.37. The summed E-state index contributed by atoms with van der Waals surface area (Å²) in [5, 5.41) is 20.5. The van der Waals surface area contributed by atoms with Gasteiger partial charge in [-0.15, -0.1) is 0 Å². The Hall–Kier alpha value is -1.37. The van der Waals surface area contributed by atoms with Crippen LogP contribution in [0.3, 0.4) is 0 Å². The molecule has 3 heteroatoms. The minimum atomic E-state index is 0.201. The van der Waals surface area contributed by atoms with Gasteiger partial charge in [0, 0.05) is 13.2 Å². The molecule has 74 valence electrons. The van der Waals surface area contributed by atoms with E-state index < -0.39 is 0 Å². The maximum atomic E-state index is 8.80. The van der Waals surface area contributed by atoms with Crippen LogP contribution in [0.5, 0.6) is 0 Å². The average Bonchev–Trinajstić information content (AvgIpc) is 2.25. The fourth-order valence-corrected chi connectivity index (χ4v) is 1.21. The van der Waals surface area contributed by atoms with Crippen molar-refractivity contribution in [1.29, 1.82) is 5.26 Å². The molecule has 0 bridgehead atoms. The first-order valence-electron chi connectivity index (χ1n) is 4.68. The number of nitrogens with zero attached hydrogens (tertiary/aromatic N) is 1. The molecule has 0 amide bonds. The molecule has 0 atom stereocenters. The highest BCUT2D eigenvalue weighted by atomic mass is 16.3. The second-order valence-electron chi connectivity index (χ2n) is 3.02. The molecule has 0 aromatic heterocycles. The van der Waals surface area contributed by atoms with E-state index in [4.69, 9.17) is 10.4 Å². The van der Waals surface area contributed by atoms with E-state index in [9.17, 15) is 0 Å². The maximum absolute atomic E-state index is 8.80. The monoisotopic (exact) mass is 190 g/mol. The van der Waals surface area contributed by atoms with E-state index in [0.29, 0.717) is 12.1 Å². The number of rotatable bonds is 5. The summed E-state index contributed by atoms with van der Waals surface area (Å²) in [6, 6.07) is 9.67. The number of aliphatic hydroxyl groups excluding tert-OH is 1. The second kappa shape index (κ2) is 6.14. The molecule has 0 saturated heterocycles. The predicted molar refractivity (Wildman–Crippen MR) is 54.6 cm³/mol. The summed E-state index contributed by atoms with van der Waals surface area (Å²) >= 11 is 0. The molecule has 3 nitrogen and oxygen atoms in total. The van der Waals surface area contributed by atoms with Gasteiger partial charge in [-0.1, -0.05) is 18.2 Å². The molecule has 0 spiro atoms. The van der Waals surface area contributed by atoms with E-state index in [1.165, 1.54) is 0 Å². The van der Waals surface area contributed by atoms with Gasteiger partial charge in [0.1, 0.15) is 0 Å². The van der Waals surface area contributed by atoms with Crippen LogP contribution >= 0.6 is 0 Å². The third-order valence-electron chi connectivity index (χ3n) is 1.96. The average molecular weight is 190 g/mol. The second-order valence-corrected chi connectivity index (χ2v) is 3.02. The number of hydrogen-bond donors (Lipinski definition) is 2. The van der Waals surface area contributed by atoms with Crippen molar-refractivity contribution in [2.45, 2.75) is 13.0 Å². The third kappa shape index (κ3) is 3.17. The molecule has 14 heavy (non-hydrogen) atoms. The number of nitrogens with one attached hydrogen (secondary N) is 1. The highest BCUT2D eigenvalue weighted by Crippen LogP contribution is 2.06. The van der Waals surface area contributed by atoms with Gasteiger partial charge in [0.25, 0.3) is 0 Å². The molecule has 1 aromatic rings. The largest absolute Gasteiger partial charge is 0.396 e. The Bertz CT molecular complexity index is 317. The Morgan fingerprint density at radius 2 is 2.14 bits per heavy atom. The Balaban J connectivity index is 2.46. The zero-order valence-electron chi connectivity index (χ0n) is 8.03. The first-order chi connectivity index (χ1) is 6.88. The number of nitriles is 1. The lowest BCUT2D eigenvalue weighted by Gasteiger charge is -2.04. The minimum absolute atomic E-state index is 0.201. The third-order valence-corrected chi connectivity index (χ3v) is 1.96. The van der Waals surface area contributed by atoms with Crippen molar-refractivity contribution in [1.82, 2.24) is 5.32 Å². The summed E-state index contributed by atoms with van der Waals surface area (Å²) in [5.41, 5.74) is 1.72. The lowest BCUT2D eigenvalue weighted by molar-refractivity contribution is 0.286. The molecule has 0 unspecified atom stereocenters. The van der Waals surface area contributed by atoms with Gasteiger partial charge in [0.05, 0.1) is 11.6 Å². The van der Waals surface area contributed by atoms with Crippen molar-refractivity contribution >= 4 is 0 Å². The molecular weight excluding hydrogens is 176 g/mol. The van der Waals surface area contributed by atoms with E-state index in [2.05, 4.69) is 11.4 Å². The van der Waals surface area contributed by atoms with Crippen LogP contribution in [0.2, 0.25) is 0 Å². The van der Waals surface area contributed by atoms with Gasteiger partial charge in [0.15, 0.2) is 0 Å². The molecule has 2 N–H and O–H groups in total. The minimum Gasteiger partial charge on any atom is -0.396 e. The molecule has 1 rings (SSSR count). The first-order valence-corrected chi connectivity index (χ1v) is 4.68. The van der Waals surface area contributed by atoms with Crippen molar-refractivity contribution in [2.24, 2.45) is 0 Å². The molecule has 0 aliphatic carbocycles. The molecule has 0 aliphatic rings. The van der Waals surface area contributed by atoms with Crippen molar-refractivity contribution in [3.8, 4) is 6.07 Å². The SMILES string of the molecule is N#Cc1ccccc1CNCCCO. The van der Waals surface area contributed by atoms with Crippen LogP contribution in [0.15, 0.2) is 24.3 Å². The van der Waals surface area contributed by atoms with Gasteiger partial charge >= 0.3 is 0 Å². The van der Waals surface area contributed by atoms with Crippen LogP contribution in [-0.2, 0) is 6.54 Å². The number of benzene rings is 1. The summed E-state index contributed by atoms with van der Waals surface area (Å²) in [5.74, 6) is 0. The van der Waals surface area contributed by atoms with E-state index in [1.54, 1.807) is 0 Å². The summed E-state index contributed by atoms with van der Waals surface area (Å²) < 4.78 is 0. The number of aliphatic hydroxyl groups is 1. The van der Waals surface area contributed by atoms with E-state index in [1.807, 2.05) is 24.3 Å². The molecule has 0 heterocycles. The van der Waals surface area contributed by atoms with Gasteiger partial charge in [-0.3, -0.25) is 0 Å². The standard InChI is InChI=1S/C11H14N2O/c12-8-10-4-1-2-5-11(10)9-13-6-3-7-14/h1-2,4-5,13-14H,3,6-7,9H2. The van der Waals surface area contributed by atoms with Crippen LogP contribution in [0.1, 0.15) is 17.5 Å². The van der Waals surface area contributed by atoms with E-state index >= 15 is 0 Å². The van der Waals surface area contributed by atoms with Crippen molar-refractivity contribution in [3.63, 3.8) is 0 Å². The number of hydrogen-bond acceptors (Lipinski definition) is 3. The highest BCUT2D eigenvalue weighted by Gasteiger charge is 1.98. The van der Waals surface area contributed by atoms with Crippen molar-refractivity contribution in [2.75, 3.05) is 13.2 Å². The summed E-state index contributed by atoms with van der Waals surface area (Å²) in [4.78, 5) is 0. The van der Waals surface area contributed by atoms with Crippen LogP contribution in [0.4, 0.5) is 0 Å². The predicted octanol–water partition coefficient (Wildman–Crippen LogP) is 1.03. The molecular formula is C11H14N2O. The molecule has 0 saturated carbocycles. The lowest BCUT2D eigenvalue weighted by Crippen LogP contribution is -2.16. The van der Waals surface area contributed by atoms with Gasteiger partial charge in [-0.2, -0.15) is 5.26 Å². The van der Waals surface area contributed by atoms with Crippen molar-refractivity contribution in [3.05, 3.63) is 35.4 Å². The molecule has 1 aromatic carbocycles. The van der Waals surface area contributed by atoms with Gasteiger partial charge in [0.2, 0.25) is 0 Å². The van der Waals surface area contributed by atoms with Crippen LogP contribution in [-0.4, -0.2) is 18.3 Å². The van der Waals surface area contributed by atoms with Gasteiger partial charge in [-0.25, -0.2) is 0 Å². The Kier molecular flexibility index (Phi) is 4.70. The van der Waals surface area contributed by atoms with E-state index in [-0.39, 0.29) is 6.61 Å². The van der Waals surface area contributed by atoms with Crippen LogP contribution < -0.4 is 5.32 Å². The normalized spacial score (nSPS) is 9.71. The zero-order chi connectivity index (χ0) is 10.2. The van der Waals surface area contributed by atoms with Crippen molar-refractivity contribution < 1.29 is 5.11 Å².